The summed E-state index contributed by atoms with van der Waals surface area (Å²) in [7, 11) is 0. The van der Waals surface area contributed by atoms with E-state index in [0.717, 1.165) is 42.1 Å². The third-order valence-corrected chi connectivity index (χ3v) is 7.25. The summed E-state index contributed by atoms with van der Waals surface area (Å²) in [6, 6.07) is 15.4. The van der Waals surface area contributed by atoms with Crippen molar-refractivity contribution in [2.75, 3.05) is 29.9 Å². The SMILES string of the molecule is CC(C(=O)N1CC(=O)Nc2ccccc21)N1CCCC(c2nc3ccccc3s2)C1. The minimum atomic E-state index is -0.291. The first-order chi connectivity index (χ1) is 14.6. The second-order valence-electron chi connectivity index (χ2n) is 8.02. The number of carbonyl (C=O) groups is 2. The number of piperidine rings is 1. The first kappa shape index (κ1) is 19.2. The molecule has 154 valence electrons. The Balaban J connectivity index is 1.35. The van der Waals surface area contributed by atoms with Gasteiger partial charge >= 0.3 is 0 Å². The van der Waals surface area contributed by atoms with Crippen molar-refractivity contribution < 1.29 is 9.59 Å². The predicted molar refractivity (Wildman–Crippen MR) is 120 cm³/mol. The maximum Gasteiger partial charge on any atom is 0.244 e. The third-order valence-electron chi connectivity index (χ3n) is 6.05. The van der Waals surface area contributed by atoms with Gasteiger partial charge in [-0.25, -0.2) is 4.98 Å². The molecule has 0 aliphatic carbocycles. The molecule has 0 bridgehead atoms. The molecule has 2 unspecified atom stereocenters. The number of amides is 2. The van der Waals surface area contributed by atoms with Crippen molar-refractivity contribution in [2.45, 2.75) is 31.7 Å². The van der Waals surface area contributed by atoms with Gasteiger partial charge in [0.25, 0.3) is 0 Å². The molecule has 2 aliphatic heterocycles. The number of rotatable bonds is 3. The number of aromatic nitrogens is 1. The van der Waals surface area contributed by atoms with Gasteiger partial charge in [0.2, 0.25) is 11.8 Å². The Morgan fingerprint density at radius 1 is 1.20 bits per heavy atom. The van der Waals surface area contributed by atoms with Gasteiger partial charge in [0.05, 0.1) is 32.6 Å². The fraction of sp³-hybridized carbons (Fsp3) is 0.348. The van der Waals surface area contributed by atoms with Crippen LogP contribution in [0.2, 0.25) is 0 Å². The van der Waals surface area contributed by atoms with Gasteiger partial charge in [-0.15, -0.1) is 11.3 Å². The number of nitrogens with one attached hydrogen (secondary N) is 1. The minimum Gasteiger partial charge on any atom is -0.323 e. The molecule has 2 aliphatic rings. The van der Waals surface area contributed by atoms with Crippen molar-refractivity contribution in [2.24, 2.45) is 0 Å². The molecule has 5 rings (SSSR count). The molecule has 2 atom stereocenters. The first-order valence-corrected chi connectivity index (χ1v) is 11.2. The van der Waals surface area contributed by atoms with Crippen LogP contribution in [0.4, 0.5) is 11.4 Å². The number of fused-ring (bicyclic) bond motifs is 2. The fourth-order valence-corrected chi connectivity index (χ4v) is 5.53. The number of thiazole rings is 1. The Morgan fingerprint density at radius 3 is 2.87 bits per heavy atom. The first-order valence-electron chi connectivity index (χ1n) is 10.4. The lowest BCUT2D eigenvalue weighted by atomic mass is 9.97. The molecule has 7 heteroatoms. The van der Waals surface area contributed by atoms with E-state index in [0.29, 0.717) is 11.6 Å². The number of hydrogen-bond acceptors (Lipinski definition) is 5. The van der Waals surface area contributed by atoms with Crippen molar-refractivity contribution in [3.05, 3.63) is 53.5 Å². The van der Waals surface area contributed by atoms with Crippen LogP contribution in [0.25, 0.3) is 10.2 Å². The van der Waals surface area contributed by atoms with Crippen LogP contribution in [0, 0.1) is 0 Å². The average Bonchev–Trinajstić information content (AvgIpc) is 3.22. The smallest absolute Gasteiger partial charge is 0.244 e. The van der Waals surface area contributed by atoms with Gasteiger partial charge < -0.3 is 5.32 Å². The summed E-state index contributed by atoms with van der Waals surface area (Å²) in [4.78, 5) is 34.2. The Bertz CT molecular complexity index is 1080. The summed E-state index contributed by atoms with van der Waals surface area (Å²) >= 11 is 1.76. The molecule has 6 nitrogen and oxygen atoms in total. The van der Waals surface area contributed by atoms with Gasteiger partial charge in [0.15, 0.2) is 0 Å². The number of nitrogens with zero attached hydrogens (tertiary/aromatic N) is 3. The highest BCUT2D eigenvalue weighted by molar-refractivity contribution is 7.18. The topological polar surface area (TPSA) is 65.5 Å². The number of likely N-dealkylation sites (tertiary alicyclic amines) is 1. The standard InChI is InChI=1S/C23H24N4O2S/c1-15(23(29)27-14-21(28)24-17-8-2-4-10-19(17)27)26-12-6-7-16(13-26)22-25-18-9-3-5-11-20(18)30-22/h2-5,8-11,15-16H,6-7,12-14H2,1H3,(H,24,28). The highest BCUT2D eigenvalue weighted by Crippen LogP contribution is 2.34. The van der Waals surface area contributed by atoms with Crippen molar-refractivity contribution in [1.29, 1.82) is 0 Å². The van der Waals surface area contributed by atoms with E-state index in [1.54, 1.807) is 16.2 Å². The summed E-state index contributed by atoms with van der Waals surface area (Å²) < 4.78 is 1.21. The molecule has 2 aromatic carbocycles. The van der Waals surface area contributed by atoms with E-state index in [2.05, 4.69) is 22.3 Å². The van der Waals surface area contributed by atoms with Crippen molar-refractivity contribution >= 4 is 44.7 Å². The Morgan fingerprint density at radius 2 is 2.00 bits per heavy atom. The molecule has 0 saturated carbocycles. The maximum absolute atomic E-state index is 13.4. The van der Waals surface area contributed by atoms with Gasteiger partial charge in [-0.2, -0.15) is 0 Å². The zero-order valence-corrected chi connectivity index (χ0v) is 17.7. The summed E-state index contributed by atoms with van der Waals surface area (Å²) in [5, 5.41) is 4.01. The lowest BCUT2D eigenvalue weighted by molar-refractivity contribution is -0.125. The Kier molecular flexibility index (Phi) is 5.00. The molecule has 1 saturated heterocycles. The minimum absolute atomic E-state index is 0.0257. The summed E-state index contributed by atoms with van der Waals surface area (Å²) in [6.45, 7) is 3.72. The van der Waals surface area contributed by atoms with Crippen LogP contribution in [-0.4, -0.2) is 47.4 Å². The van der Waals surface area contributed by atoms with E-state index in [-0.39, 0.29) is 24.4 Å². The summed E-state index contributed by atoms with van der Waals surface area (Å²) in [5.41, 5.74) is 2.52. The second kappa shape index (κ2) is 7.81. The molecule has 0 radical (unpaired) electrons. The van der Waals surface area contributed by atoms with Gasteiger partial charge in [-0.1, -0.05) is 24.3 Å². The van der Waals surface area contributed by atoms with Crippen LogP contribution in [0.15, 0.2) is 48.5 Å². The average molecular weight is 421 g/mol. The van der Waals surface area contributed by atoms with E-state index < -0.39 is 0 Å². The molecule has 30 heavy (non-hydrogen) atoms. The zero-order chi connectivity index (χ0) is 20.7. The van der Waals surface area contributed by atoms with E-state index in [1.807, 2.05) is 43.3 Å². The third kappa shape index (κ3) is 3.48. The van der Waals surface area contributed by atoms with Crippen LogP contribution >= 0.6 is 11.3 Å². The van der Waals surface area contributed by atoms with E-state index >= 15 is 0 Å². The second-order valence-corrected chi connectivity index (χ2v) is 9.08. The monoisotopic (exact) mass is 420 g/mol. The van der Waals surface area contributed by atoms with Crippen LogP contribution in [0.5, 0.6) is 0 Å². The van der Waals surface area contributed by atoms with E-state index in [4.69, 9.17) is 4.98 Å². The zero-order valence-electron chi connectivity index (χ0n) is 16.9. The highest BCUT2D eigenvalue weighted by Gasteiger charge is 2.35. The summed E-state index contributed by atoms with van der Waals surface area (Å²) in [6.07, 6.45) is 2.13. The molecule has 1 N–H and O–H groups in total. The van der Waals surface area contributed by atoms with Crippen molar-refractivity contribution in [3.63, 3.8) is 0 Å². The van der Waals surface area contributed by atoms with Crippen LogP contribution < -0.4 is 10.2 Å². The molecular weight excluding hydrogens is 396 g/mol. The number of para-hydroxylation sites is 3. The van der Waals surface area contributed by atoms with Gasteiger partial charge in [-0.05, 0) is 50.6 Å². The van der Waals surface area contributed by atoms with Crippen LogP contribution in [0.3, 0.4) is 0 Å². The number of benzene rings is 2. The Labute approximate surface area is 179 Å². The number of carbonyl (C=O) groups excluding carboxylic acids is 2. The molecular formula is C23H24N4O2S. The number of hydrogen-bond donors (Lipinski definition) is 1. The van der Waals surface area contributed by atoms with Crippen LogP contribution in [0.1, 0.15) is 30.7 Å². The van der Waals surface area contributed by atoms with Gasteiger partial charge in [0.1, 0.15) is 6.54 Å². The lowest BCUT2D eigenvalue weighted by Crippen LogP contribution is -2.53. The van der Waals surface area contributed by atoms with E-state index in [9.17, 15) is 9.59 Å². The van der Waals surface area contributed by atoms with Gasteiger partial charge in [0, 0.05) is 12.5 Å². The van der Waals surface area contributed by atoms with Crippen molar-refractivity contribution in [3.8, 4) is 0 Å². The normalized spacial score (nSPS) is 20.6. The number of anilines is 2. The van der Waals surface area contributed by atoms with E-state index in [1.165, 1.54) is 4.70 Å². The Hall–Kier alpha value is -2.77. The molecule has 1 fully saturated rings. The molecule has 0 spiro atoms. The molecule has 2 amide bonds. The molecule has 1 aromatic heterocycles. The molecule has 3 heterocycles. The highest BCUT2D eigenvalue weighted by atomic mass is 32.1. The summed E-state index contributed by atoms with van der Waals surface area (Å²) in [5.74, 6) is 0.158. The molecule has 3 aromatic rings. The quantitative estimate of drug-likeness (QED) is 0.699. The fourth-order valence-electron chi connectivity index (χ4n) is 4.44. The largest absolute Gasteiger partial charge is 0.323 e. The van der Waals surface area contributed by atoms with Crippen LogP contribution in [-0.2, 0) is 9.59 Å². The van der Waals surface area contributed by atoms with Crippen molar-refractivity contribution in [1.82, 2.24) is 9.88 Å². The lowest BCUT2D eigenvalue weighted by Gasteiger charge is -2.38. The predicted octanol–water partition coefficient (Wildman–Crippen LogP) is 3.85. The maximum atomic E-state index is 13.4. The van der Waals surface area contributed by atoms with Gasteiger partial charge in [-0.3, -0.25) is 19.4 Å².